The van der Waals surface area contributed by atoms with Gasteiger partial charge in [0.05, 0.1) is 17.1 Å². The molecular weight excluding hydrogens is 480 g/mol. The molecule has 4 aromatic carbocycles. The van der Waals surface area contributed by atoms with Gasteiger partial charge in [-0.1, -0.05) is 65.7 Å². The molecule has 0 bridgehead atoms. The molecule has 4 aromatic rings. The second-order valence-electron chi connectivity index (χ2n) is 8.27. The molecule has 4 rings (SSSR count). The number of carbonyl (C=O) groups is 1. The molecule has 0 spiro atoms. The van der Waals surface area contributed by atoms with Crippen molar-refractivity contribution in [2.24, 2.45) is 0 Å². The van der Waals surface area contributed by atoms with Gasteiger partial charge in [0.25, 0.3) is 15.9 Å². The molecule has 0 heterocycles. The van der Waals surface area contributed by atoms with Crippen LogP contribution in [0.3, 0.4) is 0 Å². The zero-order valence-corrected chi connectivity index (χ0v) is 21.0. The van der Waals surface area contributed by atoms with Gasteiger partial charge in [-0.25, -0.2) is 8.42 Å². The maximum atomic E-state index is 13.6. The Kier molecular flexibility index (Phi) is 7.24. The van der Waals surface area contributed by atoms with E-state index in [9.17, 15) is 13.2 Å². The summed E-state index contributed by atoms with van der Waals surface area (Å²) in [7, 11) is -3.87. The number of halogens is 1. The third-order valence-corrected chi connectivity index (χ3v) is 7.63. The van der Waals surface area contributed by atoms with Crippen LogP contribution >= 0.6 is 11.6 Å². The number of amides is 1. The minimum Gasteiger partial charge on any atom is -0.322 e. The summed E-state index contributed by atoms with van der Waals surface area (Å²) in [5, 5.41) is 3.32. The maximum Gasteiger partial charge on any atom is 0.264 e. The fourth-order valence-electron chi connectivity index (χ4n) is 3.64. The van der Waals surface area contributed by atoms with Crippen molar-refractivity contribution in [2.45, 2.75) is 25.3 Å². The molecule has 1 N–H and O–H groups in total. The molecule has 0 saturated carbocycles. The van der Waals surface area contributed by atoms with Crippen LogP contribution in [0.1, 0.15) is 27.0 Å². The van der Waals surface area contributed by atoms with Crippen molar-refractivity contribution < 1.29 is 13.2 Å². The predicted octanol–water partition coefficient (Wildman–Crippen LogP) is 6.60. The van der Waals surface area contributed by atoms with E-state index in [1.165, 1.54) is 4.31 Å². The van der Waals surface area contributed by atoms with Crippen LogP contribution in [0, 0.1) is 13.8 Å². The van der Waals surface area contributed by atoms with Gasteiger partial charge in [-0.15, -0.1) is 0 Å². The number of aryl methyl sites for hydroxylation is 2. The summed E-state index contributed by atoms with van der Waals surface area (Å²) in [5.41, 5.74) is 4.31. The van der Waals surface area contributed by atoms with Crippen LogP contribution in [0.25, 0.3) is 0 Å². The normalized spacial score (nSPS) is 11.2. The van der Waals surface area contributed by atoms with Gasteiger partial charge >= 0.3 is 0 Å². The van der Waals surface area contributed by atoms with Gasteiger partial charge < -0.3 is 5.32 Å². The molecule has 0 radical (unpaired) electrons. The van der Waals surface area contributed by atoms with E-state index in [1.54, 1.807) is 72.8 Å². The Bertz CT molecular complexity index is 1440. The average Bonchev–Trinajstić information content (AvgIpc) is 2.86. The van der Waals surface area contributed by atoms with Gasteiger partial charge in [0, 0.05) is 16.3 Å². The Morgan fingerprint density at radius 3 is 2.17 bits per heavy atom. The number of nitrogens with one attached hydrogen (secondary N) is 1. The molecule has 7 heteroatoms. The quantitative estimate of drug-likeness (QED) is 0.308. The van der Waals surface area contributed by atoms with Crippen molar-refractivity contribution in [3.63, 3.8) is 0 Å². The summed E-state index contributed by atoms with van der Waals surface area (Å²) < 4.78 is 28.6. The largest absolute Gasteiger partial charge is 0.322 e. The summed E-state index contributed by atoms with van der Waals surface area (Å²) in [6.07, 6.45) is 0. The maximum absolute atomic E-state index is 13.6. The lowest BCUT2D eigenvalue weighted by atomic mass is 10.1. The standard InChI is InChI=1S/C28H25ClN2O3S/c1-20-8-16-25(17-9-20)30-28(32)23-13-11-22(12-14-23)19-31(27-18-24(29)15-10-21(27)2)35(33,34)26-6-4-3-5-7-26/h3-18H,19H2,1-2H3,(H,30,32). The first-order valence-corrected chi connectivity index (χ1v) is 12.9. The van der Waals surface area contributed by atoms with E-state index in [2.05, 4.69) is 5.32 Å². The molecule has 0 aliphatic rings. The summed E-state index contributed by atoms with van der Waals surface area (Å²) in [6, 6.07) is 27.9. The molecule has 0 aromatic heterocycles. The molecule has 1 amide bonds. The zero-order valence-electron chi connectivity index (χ0n) is 19.4. The molecule has 0 atom stereocenters. The van der Waals surface area contributed by atoms with E-state index < -0.39 is 10.0 Å². The Labute approximate surface area is 211 Å². The molecule has 0 fully saturated rings. The van der Waals surface area contributed by atoms with Crippen molar-refractivity contribution in [3.05, 3.63) is 124 Å². The smallest absolute Gasteiger partial charge is 0.264 e. The number of rotatable bonds is 7. The second kappa shape index (κ2) is 10.3. The lowest BCUT2D eigenvalue weighted by Crippen LogP contribution is -2.31. The monoisotopic (exact) mass is 504 g/mol. The minimum atomic E-state index is -3.87. The van der Waals surface area contributed by atoms with Crippen LogP contribution in [0.15, 0.2) is 102 Å². The van der Waals surface area contributed by atoms with E-state index >= 15 is 0 Å². The summed E-state index contributed by atoms with van der Waals surface area (Å²) in [5.74, 6) is -0.236. The van der Waals surface area contributed by atoms with Crippen molar-refractivity contribution in [3.8, 4) is 0 Å². The molecule has 0 aliphatic heterocycles. The van der Waals surface area contributed by atoms with Crippen LogP contribution in [-0.2, 0) is 16.6 Å². The van der Waals surface area contributed by atoms with E-state index in [0.717, 1.165) is 16.7 Å². The number of anilines is 2. The van der Waals surface area contributed by atoms with E-state index in [1.807, 2.05) is 38.1 Å². The Hall–Kier alpha value is -3.61. The van der Waals surface area contributed by atoms with Gasteiger partial charge in [-0.05, 0) is 73.5 Å². The Morgan fingerprint density at radius 1 is 0.857 bits per heavy atom. The highest BCUT2D eigenvalue weighted by Gasteiger charge is 2.26. The molecule has 0 unspecified atom stereocenters. The number of sulfonamides is 1. The zero-order chi connectivity index (χ0) is 25.0. The fourth-order valence-corrected chi connectivity index (χ4v) is 5.33. The first-order chi connectivity index (χ1) is 16.7. The highest BCUT2D eigenvalue weighted by molar-refractivity contribution is 7.92. The van der Waals surface area contributed by atoms with Gasteiger partial charge in [0.15, 0.2) is 0 Å². The van der Waals surface area contributed by atoms with E-state index in [-0.39, 0.29) is 17.3 Å². The minimum absolute atomic E-state index is 0.0816. The third kappa shape index (κ3) is 5.73. The number of hydrogen-bond donors (Lipinski definition) is 1. The van der Waals surface area contributed by atoms with Gasteiger partial charge in [-0.2, -0.15) is 0 Å². The van der Waals surface area contributed by atoms with Gasteiger partial charge in [0.2, 0.25) is 0 Å². The van der Waals surface area contributed by atoms with E-state index in [0.29, 0.717) is 22.0 Å². The van der Waals surface area contributed by atoms with Crippen LogP contribution in [0.5, 0.6) is 0 Å². The van der Waals surface area contributed by atoms with Crippen LogP contribution in [-0.4, -0.2) is 14.3 Å². The Balaban J connectivity index is 1.62. The first-order valence-electron chi connectivity index (χ1n) is 11.0. The van der Waals surface area contributed by atoms with E-state index in [4.69, 9.17) is 11.6 Å². The number of nitrogens with zero attached hydrogens (tertiary/aromatic N) is 1. The van der Waals surface area contributed by atoms with Crippen molar-refractivity contribution in [2.75, 3.05) is 9.62 Å². The highest BCUT2D eigenvalue weighted by atomic mass is 35.5. The second-order valence-corrected chi connectivity index (χ2v) is 10.6. The van der Waals surface area contributed by atoms with Crippen LogP contribution in [0.2, 0.25) is 5.02 Å². The van der Waals surface area contributed by atoms with Gasteiger partial charge in [0.1, 0.15) is 0 Å². The topological polar surface area (TPSA) is 66.5 Å². The van der Waals surface area contributed by atoms with Crippen LogP contribution in [0.4, 0.5) is 11.4 Å². The lowest BCUT2D eigenvalue weighted by molar-refractivity contribution is 0.102. The number of hydrogen-bond acceptors (Lipinski definition) is 3. The van der Waals surface area contributed by atoms with Crippen LogP contribution < -0.4 is 9.62 Å². The third-order valence-electron chi connectivity index (χ3n) is 5.62. The molecule has 178 valence electrons. The predicted molar refractivity (Wildman–Crippen MR) is 142 cm³/mol. The summed E-state index contributed by atoms with van der Waals surface area (Å²) >= 11 is 6.22. The average molecular weight is 505 g/mol. The molecule has 0 aliphatic carbocycles. The van der Waals surface area contributed by atoms with Gasteiger partial charge in [-0.3, -0.25) is 9.10 Å². The molecule has 0 saturated heterocycles. The van der Waals surface area contributed by atoms with Crippen molar-refractivity contribution in [1.82, 2.24) is 0 Å². The summed E-state index contributed by atoms with van der Waals surface area (Å²) in [4.78, 5) is 12.8. The number of carbonyl (C=O) groups excluding carboxylic acids is 1. The fraction of sp³-hybridized carbons (Fsp3) is 0.107. The van der Waals surface area contributed by atoms with Crippen molar-refractivity contribution in [1.29, 1.82) is 0 Å². The first kappa shape index (κ1) is 24.5. The molecule has 5 nitrogen and oxygen atoms in total. The summed E-state index contributed by atoms with van der Waals surface area (Å²) in [6.45, 7) is 3.91. The SMILES string of the molecule is Cc1ccc(NC(=O)c2ccc(CN(c3cc(Cl)ccc3C)S(=O)(=O)c3ccccc3)cc2)cc1. The number of benzene rings is 4. The Morgan fingerprint density at radius 2 is 1.51 bits per heavy atom. The molecular formula is C28H25ClN2O3S. The highest BCUT2D eigenvalue weighted by Crippen LogP contribution is 2.31. The van der Waals surface area contributed by atoms with Crippen molar-refractivity contribution >= 4 is 38.9 Å². The molecule has 35 heavy (non-hydrogen) atoms. The lowest BCUT2D eigenvalue weighted by Gasteiger charge is -2.26.